The van der Waals surface area contributed by atoms with Crippen molar-refractivity contribution in [3.63, 3.8) is 0 Å². The van der Waals surface area contributed by atoms with E-state index in [1.165, 1.54) is 23.4 Å². The van der Waals surface area contributed by atoms with E-state index in [0.29, 0.717) is 17.9 Å². The number of nitrogens with two attached hydrogens (primary N) is 2. The number of aromatic nitrogens is 5. The van der Waals surface area contributed by atoms with Crippen molar-refractivity contribution in [1.29, 1.82) is 0 Å². The third-order valence-electron chi connectivity index (χ3n) is 4.27. The first-order valence-corrected chi connectivity index (χ1v) is 9.01. The zero-order chi connectivity index (χ0) is 21.0. The molecule has 3 rings (SSSR count). The summed E-state index contributed by atoms with van der Waals surface area (Å²) in [4.78, 5) is 21.6. The molecule has 0 saturated carbocycles. The van der Waals surface area contributed by atoms with E-state index in [-0.39, 0.29) is 29.3 Å². The van der Waals surface area contributed by atoms with Crippen LogP contribution in [0.1, 0.15) is 30.6 Å². The molecule has 0 aliphatic carbocycles. The van der Waals surface area contributed by atoms with Crippen LogP contribution in [0, 0.1) is 5.82 Å². The van der Waals surface area contributed by atoms with Gasteiger partial charge in [0, 0.05) is 30.0 Å². The zero-order valence-electron chi connectivity index (χ0n) is 16.0. The molecule has 3 aromatic heterocycles. The van der Waals surface area contributed by atoms with Gasteiger partial charge >= 0.3 is 0 Å². The summed E-state index contributed by atoms with van der Waals surface area (Å²) in [5.74, 6) is -0.979. The summed E-state index contributed by atoms with van der Waals surface area (Å²) in [6.07, 6.45) is 5.25. The third-order valence-corrected chi connectivity index (χ3v) is 4.27. The lowest BCUT2D eigenvalue weighted by atomic mass is 10.1. The average Bonchev–Trinajstić information content (AvgIpc) is 3.22. The van der Waals surface area contributed by atoms with Crippen molar-refractivity contribution in [2.75, 3.05) is 10.6 Å². The van der Waals surface area contributed by atoms with Crippen molar-refractivity contribution in [2.45, 2.75) is 32.4 Å². The molecular formula is C18H22FN9O. The minimum Gasteiger partial charge on any atom is -0.365 e. The Morgan fingerprint density at radius 1 is 1.24 bits per heavy atom. The van der Waals surface area contributed by atoms with Crippen molar-refractivity contribution in [3.05, 3.63) is 48.2 Å². The quantitative estimate of drug-likeness (QED) is 0.446. The maximum Gasteiger partial charge on any atom is 0.252 e. The van der Waals surface area contributed by atoms with Gasteiger partial charge in [0.2, 0.25) is 0 Å². The maximum absolute atomic E-state index is 14.5. The number of halogens is 1. The first-order chi connectivity index (χ1) is 13.9. The van der Waals surface area contributed by atoms with E-state index in [9.17, 15) is 9.18 Å². The highest BCUT2D eigenvalue weighted by atomic mass is 19.1. The van der Waals surface area contributed by atoms with Crippen LogP contribution in [0.5, 0.6) is 0 Å². The number of carbonyl (C=O) groups is 1. The van der Waals surface area contributed by atoms with Gasteiger partial charge in [-0.3, -0.25) is 4.79 Å². The normalized spacial score (nSPS) is 13.0. The number of nitrogens with one attached hydrogen (secondary N) is 2. The van der Waals surface area contributed by atoms with E-state index in [2.05, 4.69) is 30.8 Å². The monoisotopic (exact) mass is 399 g/mol. The predicted octanol–water partition coefficient (Wildman–Crippen LogP) is 1.58. The Labute approximate surface area is 166 Å². The van der Waals surface area contributed by atoms with Crippen molar-refractivity contribution in [1.82, 2.24) is 25.0 Å². The van der Waals surface area contributed by atoms with Crippen molar-refractivity contribution >= 4 is 23.2 Å². The van der Waals surface area contributed by atoms with Gasteiger partial charge in [0.25, 0.3) is 5.91 Å². The third kappa shape index (κ3) is 4.63. The molecule has 0 radical (unpaired) electrons. The lowest BCUT2D eigenvalue weighted by Gasteiger charge is -2.22. The molecule has 152 valence electrons. The Kier molecular flexibility index (Phi) is 5.98. The highest BCUT2D eigenvalue weighted by Gasteiger charge is 2.19. The van der Waals surface area contributed by atoms with Crippen LogP contribution in [-0.2, 0) is 0 Å². The van der Waals surface area contributed by atoms with E-state index < -0.39 is 11.7 Å². The Balaban J connectivity index is 1.96. The van der Waals surface area contributed by atoms with Gasteiger partial charge in [-0.1, -0.05) is 6.92 Å². The second-order valence-corrected chi connectivity index (χ2v) is 6.44. The topological polar surface area (TPSA) is 150 Å². The summed E-state index contributed by atoms with van der Waals surface area (Å²) < 4.78 is 14.5. The Bertz CT molecular complexity index is 991. The fraction of sp³-hybridized carbons (Fsp3) is 0.278. The van der Waals surface area contributed by atoms with Gasteiger partial charge in [-0.25, -0.2) is 14.4 Å². The van der Waals surface area contributed by atoms with Gasteiger partial charge in [0.1, 0.15) is 5.82 Å². The van der Waals surface area contributed by atoms with Crippen LogP contribution in [0.15, 0.2) is 36.8 Å². The largest absolute Gasteiger partial charge is 0.365 e. The van der Waals surface area contributed by atoms with E-state index in [4.69, 9.17) is 11.5 Å². The molecule has 0 aliphatic heterocycles. The number of anilines is 3. The molecule has 10 nitrogen and oxygen atoms in total. The van der Waals surface area contributed by atoms with Gasteiger partial charge in [-0.05, 0) is 25.5 Å². The number of pyridine rings is 2. The van der Waals surface area contributed by atoms with Crippen LogP contribution in [0.25, 0.3) is 5.82 Å². The summed E-state index contributed by atoms with van der Waals surface area (Å²) in [6.45, 7) is 3.75. The van der Waals surface area contributed by atoms with Gasteiger partial charge in [-0.2, -0.15) is 10.2 Å². The number of hydrogen-bond acceptors (Lipinski definition) is 8. The van der Waals surface area contributed by atoms with Crippen molar-refractivity contribution in [3.8, 4) is 5.82 Å². The number of amides is 1. The number of carbonyl (C=O) groups excluding carboxylic acids is 1. The molecule has 0 aromatic carbocycles. The molecule has 2 atom stereocenters. The summed E-state index contributed by atoms with van der Waals surface area (Å²) in [7, 11) is 0. The summed E-state index contributed by atoms with van der Waals surface area (Å²) >= 11 is 0. The van der Waals surface area contributed by atoms with Crippen molar-refractivity contribution < 1.29 is 9.18 Å². The molecule has 1 amide bonds. The first-order valence-electron chi connectivity index (χ1n) is 9.01. The van der Waals surface area contributed by atoms with Crippen LogP contribution in [0.3, 0.4) is 0 Å². The fourth-order valence-corrected chi connectivity index (χ4v) is 2.73. The van der Waals surface area contributed by atoms with E-state index >= 15 is 0 Å². The fourth-order valence-electron chi connectivity index (χ4n) is 2.73. The van der Waals surface area contributed by atoms with Gasteiger partial charge in [0.05, 0.1) is 18.0 Å². The molecule has 11 heteroatoms. The molecule has 0 bridgehead atoms. The summed E-state index contributed by atoms with van der Waals surface area (Å²) in [6, 6.07) is 3.94. The Morgan fingerprint density at radius 3 is 2.59 bits per heavy atom. The second kappa shape index (κ2) is 8.61. The summed E-state index contributed by atoms with van der Waals surface area (Å²) in [5, 5.41) is 14.0. The smallest absolute Gasteiger partial charge is 0.252 e. The average molecular weight is 399 g/mol. The molecule has 0 spiro atoms. The lowest BCUT2D eigenvalue weighted by molar-refractivity contribution is 0.100. The minimum atomic E-state index is -0.812. The maximum atomic E-state index is 14.5. The lowest BCUT2D eigenvalue weighted by Crippen LogP contribution is -2.38. The molecule has 2 unspecified atom stereocenters. The Hall–Kier alpha value is -3.60. The van der Waals surface area contributed by atoms with Crippen LogP contribution < -0.4 is 22.1 Å². The number of hydrogen-bond donors (Lipinski definition) is 4. The summed E-state index contributed by atoms with van der Waals surface area (Å²) in [5.41, 5.74) is 11.8. The number of nitrogens with zero attached hydrogens (tertiary/aromatic N) is 5. The van der Waals surface area contributed by atoms with Gasteiger partial charge in [-0.15, -0.1) is 4.80 Å². The van der Waals surface area contributed by atoms with Crippen LogP contribution >= 0.6 is 0 Å². The SMILES string of the molecule is CCC(Nc1nc(Nc2ccnc(-n3nccn3)c2)c(C(N)=O)cc1F)C(C)N. The first kappa shape index (κ1) is 20.1. The highest BCUT2D eigenvalue weighted by Crippen LogP contribution is 2.25. The Morgan fingerprint density at radius 2 is 1.97 bits per heavy atom. The molecule has 0 saturated heterocycles. The molecule has 0 aliphatic rings. The molecule has 6 N–H and O–H groups in total. The molecule has 29 heavy (non-hydrogen) atoms. The molecule has 3 aromatic rings. The minimum absolute atomic E-state index is 0.0235. The number of primary amides is 1. The van der Waals surface area contributed by atoms with Crippen LogP contribution in [0.2, 0.25) is 0 Å². The molecule has 3 heterocycles. The van der Waals surface area contributed by atoms with E-state index in [1.54, 1.807) is 12.1 Å². The van der Waals surface area contributed by atoms with Gasteiger partial charge in [0.15, 0.2) is 17.5 Å². The van der Waals surface area contributed by atoms with Crippen LogP contribution in [-0.4, -0.2) is 43.0 Å². The van der Waals surface area contributed by atoms with Crippen molar-refractivity contribution in [2.24, 2.45) is 11.5 Å². The van der Waals surface area contributed by atoms with E-state index in [0.717, 1.165) is 6.07 Å². The highest BCUT2D eigenvalue weighted by molar-refractivity contribution is 5.98. The number of rotatable bonds is 8. The van der Waals surface area contributed by atoms with Crippen LogP contribution in [0.4, 0.5) is 21.7 Å². The van der Waals surface area contributed by atoms with E-state index in [1.807, 2.05) is 13.8 Å². The van der Waals surface area contributed by atoms with Gasteiger partial charge < -0.3 is 22.1 Å². The second-order valence-electron chi connectivity index (χ2n) is 6.44. The predicted molar refractivity (Wildman–Crippen MR) is 107 cm³/mol. The molecule has 0 fully saturated rings. The zero-order valence-corrected chi connectivity index (χ0v) is 16.0. The molecular weight excluding hydrogens is 377 g/mol. The standard InChI is InChI=1S/C18H22FN9O/c1-3-14(10(2)20)26-18-13(19)9-12(16(21)29)17(27-18)25-11-4-5-22-15(8-11)28-23-6-7-24-28/h4-10,14H,3,20H2,1-2H3,(H2,21,29)(H2,22,25,26,27).